The van der Waals surface area contributed by atoms with Gasteiger partial charge in [0.1, 0.15) is 5.60 Å². The minimum absolute atomic E-state index is 0.0210. The summed E-state index contributed by atoms with van der Waals surface area (Å²) < 4.78 is 5.42. The maximum atomic E-state index is 12.1. The minimum Gasteiger partial charge on any atom is -0.444 e. The van der Waals surface area contributed by atoms with E-state index in [1.807, 2.05) is 27.7 Å². The summed E-state index contributed by atoms with van der Waals surface area (Å²) in [6.45, 7) is 9.80. The molecule has 1 atom stereocenters. The van der Waals surface area contributed by atoms with Gasteiger partial charge in [-0.1, -0.05) is 0 Å². The van der Waals surface area contributed by atoms with Crippen LogP contribution in [0.5, 0.6) is 0 Å². The molecule has 1 aromatic heterocycles. The molecule has 22 heavy (non-hydrogen) atoms. The predicted molar refractivity (Wildman–Crippen MR) is 85.3 cm³/mol. The highest BCUT2D eigenvalue weighted by Gasteiger charge is 2.31. The molecule has 0 aliphatic carbocycles. The second kappa shape index (κ2) is 6.75. The Morgan fingerprint density at radius 1 is 1.41 bits per heavy atom. The molecule has 1 aliphatic heterocycles. The van der Waals surface area contributed by atoms with Crippen LogP contribution < -0.4 is 0 Å². The summed E-state index contributed by atoms with van der Waals surface area (Å²) in [7, 11) is 0. The van der Waals surface area contributed by atoms with E-state index < -0.39 is 5.60 Å². The number of carbonyl (C=O) groups excluding carboxylic acids is 2. The Morgan fingerprint density at radius 2 is 2.14 bits per heavy atom. The lowest BCUT2D eigenvalue weighted by Gasteiger charge is -2.39. The highest BCUT2D eigenvalue weighted by Crippen LogP contribution is 2.16. The maximum Gasteiger partial charge on any atom is 0.410 e. The number of carbonyl (C=O) groups is 2. The summed E-state index contributed by atoms with van der Waals surface area (Å²) in [4.78, 5) is 32.1. The zero-order chi connectivity index (χ0) is 16.3. The minimum atomic E-state index is -0.491. The fraction of sp³-hybridized carbons (Fsp3) is 0.667. The topological polar surface area (TPSA) is 62.7 Å². The molecule has 0 saturated carbocycles. The highest BCUT2D eigenvalue weighted by atomic mass is 32.1. The quantitative estimate of drug-likeness (QED) is 0.798. The van der Waals surface area contributed by atoms with Crippen molar-refractivity contribution in [3.8, 4) is 0 Å². The van der Waals surface area contributed by atoms with E-state index in [1.54, 1.807) is 16.5 Å². The van der Waals surface area contributed by atoms with E-state index >= 15 is 0 Å². The SMILES string of the molecule is C[C@H]1CN(CC(=O)c2nccs2)CCN1C(=O)OC(C)(C)C. The average Bonchev–Trinajstić information content (AvgIpc) is 2.90. The maximum absolute atomic E-state index is 12.1. The largest absolute Gasteiger partial charge is 0.444 e. The average molecular weight is 325 g/mol. The van der Waals surface area contributed by atoms with Crippen LogP contribution in [0.15, 0.2) is 11.6 Å². The van der Waals surface area contributed by atoms with Crippen LogP contribution in [0.2, 0.25) is 0 Å². The Morgan fingerprint density at radius 3 is 2.68 bits per heavy atom. The molecule has 6 nitrogen and oxygen atoms in total. The summed E-state index contributed by atoms with van der Waals surface area (Å²) in [5.41, 5.74) is -0.491. The van der Waals surface area contributed by atoms with Crippen molar-refractivity contribution in [1.82, 2.24) is 14.8 Å². The molecule has 0 radical (unpaired) electrons. The lowest BCUT2D eigenvalue weighted by molar-refractivity contribution is 0.00220. The van der Waals surface area contributed by atoms with Crippen molar-refractivity contribution in [3.63, 3.8) is 0 Å². The second-order valence-electron chi connectivity index (χ2n) is 6.52. The molecule has 1 fully saturated rings. The van der Waals surface area contributed by atoms with Crippen molar-refractivity contribution < 1.29 is 14.3 Å². The van der Waals surface area contributed by atoms with Crippen molar-refractivity contribution >= 4 is 23.2 Å². The summed E-state index contributed by atoms with van der Waals surface area (Å²) in [5, 5.41) is 2.35. The first-order valence-electron chi connectivity index (χ1n) is 7.41. The van der Waals surface area contributed by atoms with Crippen molar-refractivity contribution in [1.29, 1.82) is 0 Å². The smallest absolute Gasteiger partial charge is 0.410 e. The van der Waals surface area contributed by atoms with Gasteiger partial charge in [-0.05, 0) is 27.7 Å². The van der Waals surface area contributed by atoms with Crippen molar-refractivity contribution in [2.75, 3.05) is 26.2 Å². The van der Waals surface area contributed by atoms with E-state index in [1.165, 1.54) is 11.3 Å². The van der Waals surface area contributed by atoms with Crippen LogP contribution >= 0.6 is 11.3 Å². The van der Waals surface area contributed by atoms with Crippen LogP contribution in [0.25, 0.3) is 0 Å². The number of hydrogen-bond acceptors (Lipinski definition) is 6. The van der Waals surface area contributed by atoms with E-state index in [4.69, 9.17) is 4.74 Å². The Kier molecular flexibility index (Phi) is 5.18. The molecular weight excluding hydrogens is 302 g/mol. The summed E-state index contributed by atoms with van der Waals surface area (Å²) in [6, 6.07) is 0.0210. The van der Waals surface area contributed by atoms with E-state index in [9.17, 15) is 9.59 Å². The summed E-state index contributed by atoms with van der Waals surface area (Å²) in [6.07, 6.45) is 1.35. The number of piperazine rings is 1. The molecule has 1 aromatic rings. The van der Waals surface area contributed by atoms with Crippen molar-refractivity contribution in [2.24, 2.45) is 0 Å². The fourth-order valence-electron chi connectivity index (χ4n) is 2.40. The molecule has 0 unspecified atom stereocenters. The van der Waals surface area contributed by atoms with Gasteiger partial charge in [0, 0.05) is 37.3 Å². The Hall–Kier alpha value is -1.47. The standard InChI is InChI=1S/C15H23N3O3S/c1-11-9-17(10-12(19)13-16-5-8-22-13)6-7-18(11)14(20)21-15(2,3)4/h5,8,11H,6-7,9-10H2,1-4H3/t11-/m0/s1. The first kappa shape index (κ1) is 16.9. The monoisotopic (exact) mass is 325 g/mol. The molecule has 0 bridgehead atoms. The number of aromatic nitrogens is 1. The summed E-state index contributed by atoms with van der Waals surface area (Å²) in [5.74, 6) is 0.0351. The fourth-order valence-corrected chi connectivity index (χ4v) is 2.97. The number of nitrogens with zero attached hydrogens (tertiary/aromatic N) is 3. The molecule has 1 saturated heterocycles. The zero-order valence-corrected chi connectivity index (χ0v) is 14.4. The third-order valence-corrected chi connectivity index (χ3v) is 4.19. The highest BCUT2D eigenvalue weighted by molar-refractivity contribution is 7.11. The van der Waals surface area contributed by atoms with Crippen LogP contribution in [0.1, 0.15) is 37.5 Å². The molecule has 2 rings (SSSR count). The van der Waals surface area contributed by atoms with Gasteiger partial charge in [0.05, 0.1) is 6.54 Å². The number of thiazole rings is 1. The Balaban J connectivity index is 1.87. The number of Topliss-reactive ketones (excluding diaryl/α,β-unsaturated/α-hetero) is 1. The molecular formula is C15H23N3O3S. The second-order valence-corrected chi connectivity index (χ2v) is 7.41. The Bertz CT molecular complexity index is 525. The van der Waals surface area contributed by atoms with Gasteiger partial charge < -0.3 is 9.64 Å². The summed E-state index contributed by atoms with van der Waals surface area (Å²) >= 11 is 1.36. The van der Waals surface area contributed by atoms with Crippen molar-refractivity contribution in [3.05, 3.63) is 16.6 Å². The zero-order valence-electron chi connectivity index (χ0n) is 13.5. The molecule has 0 aromatic carbocycles. The molecule has 2 heterocycles. The van der Waals surface area contributed by atoms with Crippen LogP contribution in [0.3, 0.4) is 0 Å². The number of ether oxygens (including phenoxy) is 1. The van der Waals surface area contributed by atoms with Gasteiger partial charge in [-0.2, -0.15) is 0 Å². The van der Waals surface area contributed by atoms with Gasteiger partial charge in [-0.15, -0.1) is 11.3 Å². The van der Waals surface area contributed by atoms with E-state index in [0.29, 0.717) is 31.2 Å². The van der Waals surface area contributed by atoms with Gasteiger partial charge in [0.15, 0.2) is 5.01 Å². The van der Waals surface area contributed by atoms with Gasteiger partial charge >= 0.3 is 6.09 Å². The number of hydrogen-bond donors (Lipinski definition) is 0. The Labute approximate surface area is 135 Å². The van der Waals surface area contributed by atoms with E-state index in [-0.39, 0.29) is 17.9 Å². The molecule has 0 spiro atoms. The number of ketones is 1. The third kappa shape index (κ3) is 4.51. The van der Waals surface area contributed by atoms with Crippen LogP contribution in [0, 0.1) is 0 Å². The van der Waals surface area contributed by atoms with Gasteiger partial charge in [-0.3, -0.25) is 9.69 Å². The third-order valence-electron chi connectivity index (χ3n) is 3.38. The van der Waals surface area contributed by atoms with Crippen LogP contribution in [-0.2, 0) is 4.74 Å². The predicted octanol–water partition coefficient (Wildman–Crippen LogP) is 2.27. The van der Waals surface area contributed by atoms with Gasteiger partial charge in [0.2, 0.25) is 5.78 Å². The first-order valence-corrected chi connectivity index (χ1v) is 8.29. The van der Waals surface area contributed by atoms with E-state index in [0.717, 1.165) is 0 Å². The normalized spacial score (nSPS) is 20.0. The van der Waals surface area contributed by atoms with Crippen LogP contribution in [-0.4, -0.2) is 64.5 Å². The lowest BCUT2D eigenvalue weighted by Crippen LogP contribution is -2.55. The molecule has 7 heteroatoms. The van der Waals surface area contributed by atoms with E-state index in [2.05, 4.69) is 9.88 Å². The van der Waals surface area contributed by atoms with Gasteiger partial charge in [0.25, 0.3) is 0 Å². The van der Waals surface area contributed by atoms with Gasteiger partial charge in [-0.25, -0.2) is 9.78 Å². The lowest BCUT2D eigenvalue weighted by atomic mass is 10.2. The number of amides is 1. The molecule has 1 amide bonds. The molecule has 1 aliphatic rings. The van der Waals surface area contributed by atoms with Crippen LogP contribution in [0.4, 0.5) is 4.79 Å². The number of rotatable bonds is 3. The van der Waals surface area contributed by atoms with Crippen molar-refractivity contribution in [2.45, 2.75) is 39.3 Å². The first-order chi connectivity index (χ1) is 10.3. The molecule has 0 N–H and O–H groups in total. The molecule has 122 valence electrons.